The molecule has 0 N–H and O–H groups in total. The molecule has 1 rings (SSSR count). The van der Waals surface area contributed by atoms with Gasteiger partial charge in [-0.1, -0.05) is 23.7 Å². The zero-order valence-electron chi connectivity index (χ0n) is 8.27. The van der Waals surface area contributed by atoms with Gasteiger partial charge in [0.2, 0.25) is 0 Å². The van der Waals surface area contributed by atoms with Crippen molar-refractivity contribution in [3.05, 3.63) is 40.9 Å². The van der Waals surface area contributed by atoms with Crippen LogP contribution in [0.4, 0.5) is 0 Å². The minimum Gasteiger partial charge on any atom is -0.451 e. The van der Waals surface area contributed by atoms with Crippen LogP contribution >= 0.6 is 23.4 Å². The van der Waals surface area contributed by atoms with E-state index in [1.165, 1.54) is 17.8 Å². The molecule has 80 valence electrons. The monoisotopic (exact) mass is 242 g/mol. The van der Waals surface area contributed by atoms with E-state index in [-0.39, 0.29) is 5.97 Å². The molecule has 4 heteroatoms. The highest BCUT2D eigenvalue weighted by Crippen LogP contribution is 2.10. The largest absolute Gasteiger partial charge is 0.451 e. The number of hydrogen-bond donors (Lipinski definition) is 0. The van der Waals surface area contributed by atoms with Crippen LogP contribution in [0.3, 0.4) is 0 Å². The normalized spacial score (nSPS) is 10.5. The van der Waals surface area contributed by atoms with E-state index in [0.29, 0.717) is 11.0 Å². The molecular weight excluding hydrogens is 232 g/mol. The lowest BCUT2D eigenvalue weighted by molar-refractivity contribution is -0.135. The van der Waals surface area contributed by atoms with Gasteiger partial charge in [-0.2, -0.15) is 0 Å². The molecule has 0 saturated carbocycles. The van der Waals surface area contributed by atoms with Crippen LogP contribution < -0.4 is 0 Å². The van der Waals surface area contributed by atoms with Gasteiger partial charge in [0.05, 0.1) is 0 Å². The number of carbonyl (C=O) groups is 1. The van der Waals surface area contributed by atoms with Crippen LogP contribution in [0, 0.1) is 0 Å². The minimum absolute atomic E-state index is 0.334. The Labute approximate surface area is 98.3 Å². The van der Waals surface area contributed by atoms with Crippen LogP contribution in [0.1, 0.15) is 5.56 Å². The molecule has 0 aromatic heterocycles. The first-order valence-corrected chi connectivity index (χ1v) is 6.09. The van der Waals surface area contributed by atoms with Crippen molar-refractivity contribution < 1.29 is 9.53 Å². The molecule has 0 radical (unpaired) electrons. The summed E-state index contributed by atoms with van der Waals surface area (Å²) in [4.78, 5) is 11.1. The summed E-state index contributed by atoms with van der Waals surface area (Å²) in [5.74, 6) is 0.0448. The summed E-state index contributed by atoms with van der Waals surface area (Å²) in [5, 5.41) is 0.678. The number of esters is 1. The van der Waals surface area contributed by atoms with E-state index in [0.717, 1.165) is 5.56 Å². The van der Waals surface area contributed by atoms with Crippen molar-refractivity contribution in [2.45, 2.75) is 0 Å². The third kappa shape index (κ3) is 4.91. The minimum atomic E-state index is -0.334. The van der Waals surface area contributed by atoms with Gasteiger partial charge < -0.3 is 4.74 Å². The quantitative estimate of drug-likeness (QED) is 0.461. The summed E-state index contributed by atoms with van der Waals surface area (Å²) in [5.41, 5.74) is 0.917. The second kappa shape index (κ2) is 6.53. The van der Waals surface area contributed by atoms with Crippen molar-refractivity contribution in [2.24, 2.45) is 0 Å². The summed E-state index contributed by atoms with van der Waals surface area (Å²) in [6.45, 7) is 0. The van der Waals surface area contributed by atoms with Crippen LogP contribution in [-0.4, -0.2) is 18.2 Å². The number of rotatable bonds is 4. The van der Waals surface area contributed by atoms with E-state index in [9.17, 15) is 4.79 Å². The van der Waals surface area contributed by atoms with Crippen molar-refractivity contribution in [3.8, 4) is 0 Å². The first kappa shape index (κ1) is 12.1. The fourth-order valence-corrected chi connectivity index (χ4v) is 1.26. The maximum absolute atomic E-state index is 11.1. The van der Waals surface area contributed by atoms with Crippen LogP contribution in [-0.2, 0) is 9.53 Å². The van der Waals surface area contributed by atoms with E-state index in [4.69, 9.17) is 16.3 Å². The third-order valence-electron chi connectivity index (χ3n) is 1.60. The van der Waals surface area contributed by atoms with Gasteiger partial charge in [0, 0.05) is 11.1 Å². The first-order chi connectivity index (χ1) is 7.22. The maximum Gasteiger partial charge on any atom is 0.331 e. The number of thioether (sulfide) groups is 1. The molecule has 0 aliphatic carbocycles. The molecule has 0 amide bonds. The van der Waals surface area contributed by atoms with Crippen molar-refractivity contribution in [3.63, 3.8) is 0 Å². The van der Waals surface area contributed by atoms with E-state index in [2.05, 4.69) is 0 Å². The summed E-state index contributed by atoms with van der Waals surface area (Å²) >= 11 is 7.18. The van der Waals surface area contributed by atoms with Gasteiger partial charge in [-0.15, -0.1) is 11.8 Å². The Hall–Kier alpha value is -0.930. The predicted molar refractivity (Wildman–Crippen MR) is 65.0 cm³/mol. The molecule has 0 aliphatic heterocycles. The molecule has 0 aliphatic rings. The van der Waals surface area contributed by atoms with Gasteiger partial charge in [0.25, 0.3) is 0 Å². The summed E-state index contributed by atoms with van der Waals surface area (Å²) in [6.07, 6.45) is 4.97. The standard InChI is InChI=1S/C11H11ClO2S/c1-15-8-14-11(13)7-4-9-2-5-10(12)6-3-9/h2-7H,8H2,1H3. The average Bonchev–Trinajstić information content (AvgIpc) is 2.25. The molecule has 1 aromatic carbocycles. The van der Waals surface area contributed by atoms with Crippen molar-refractivity contribution in [1.29, 1.82) is 0 Å². The van der Waals surface area contributed by atoms with E-state index < -0.39 is 0 Å². The topological polar surface area (TPSA) is 26.3 Å². The van der Waals surface area contributed by atoms with Gasteiger partial charge in [-0.25, -0.2) is 4.79 Å². The zero-order chi connectivity index (χ0) is 11.1. The molecule has 0 unspecified atom stereocenters. The van der Waals surface area contributed by atoms with Gasteiger partial charge in [0.15, 0.2) is 0 Å². The molecule has 15 heavy (non-hydrogen) atoms. The SMILES string of the molecule is CSCOC(=O)C=Cc1ccc(Cl)cc1. The van der Waals surface area contributed by atoms with E-state index >= 15 is 0 Å². The van der Waals surface area contributed by atoms with E-state index in [1.54, 1.807) is 18.2 Å². The second-order valence-electron chi connectivity index (χ2n) is 2.75. The molecule has 0 spiro atoms. The first-order valence-electron chi connectivity index (χ1n) is 4.31. The lowest BCUT2D eigenvalue weighted by Crippen LogP contribution is -1.98. The Kier molecular flexibility index (Phi) is 5.29. The van der Waals surface area contributed by atoms with E-state index in [1.807, 2.05) is 18.4 Å². The Balaban J connectivity index is 2.50. The average molecular weight is 243 g/mol. The Morgan fingerprint density at radius 2 is 2.13 bits per heavy atom. The molecule has 0 fully saturated rings. The number of benzene rings is 1. The maximum atomic E-state index is 11.1. The molecule has 0 saturated heterocycles. The summed E-state index contributed by atoms with van der Waals surface area (Å²) in [6, 6.07) is 7.21. The van der Waals surface area contributed by atoms with Gasteiger partial charge in [-0.3, -0.25) is 0 Å². The predicted octanol–water partition coefficient (Wildman–Crippen LogP) is 3.22. The summed E-state index contributed by atoms with van der Waals surface area (Å²) < 4.78 is 4.85. The van der Waals surface area contributed by atoms with Crippen molar-refractivity contribution in [2.75, 3.05) is 12.2 Å². The third-order valence-corrected chi connectivity index (χ3v) is 2.21. The van der Waals surface area contributed by atoms with Crippen LogP contribution in [0.2, 0.25) is 5.02 Å². The molecule has 2 nitrogen and oxygen atoms in total. The second-order valence-corrected chi connectivity index (χ2v) is 4.00. The smallest absolute Gasteiger partial charge is 0.331 e. The number of ether oxygens (including phenoxy) is 1. The highest BCUT2D eigenvalue weighted by molar-refractivity contribution is 7.98. The highest BCUT2D eigenvalue weighted by atomic mass is 35.5. The van der Waals surface area contributed by atoms with Crippen molar-refractivity contribution >= 4 is 35.4 Å². The number of carbonyl (C=O) groups excluding carboxylic acids is 1. The fourth-order valence-electron chi connectivity index (χ4n) is 0.903. The summed E-state index contributed by atoms with van der Waals surface area (Å²) in [7, 11) is 0. The lowest BCUT2D eigenvalue weighted by atomic mass is 10.2. The molecule has 0 atom stereocenters. The Morgan fingerprint density at radius 1 is 1.47 bits per heavy atom. The molecule has 0 bridgehead atoms. The number of hydrogen-bond acceptors (Lipinski definition) is 3. The van der Waals surface area contributed by atoms with Gasteiger partial charge >= 0.3 is 5.97 Å². The van der Waals surface area contributed by atoms with Gasteiger partial charge in [-0.05, 0) is 30.0 Å². The van der Waals surface area contributed by atoms with Crippen molar-refractivity contribution in [1.82, 2.24) is 0 Å². The molecule has 0 heterocycles. The zero-order valence-corrected chi connectivity index (χ0v) is 9.85. The Bertz CT molecular complexity index is 346. The highest BCUT2D eigenvalue weighted by Gasteiger charge is 1.95. The Morgan fingerprint density at radius 3 is 2.73 bits per heavy atom. The van der Waals surface area contributed by atoms with Gasteiger partial charge in [0.1, 0.15) is 5.94 Å². The van der Waals surface area contributed by atoms with Crippen LogP contribution in [0.25, 0.3) is 6.08 Å². The fraction of sp³-hybridized carbons (Fsp3) is 0.182. The number of halogens is 1. The van der Waals surface area contributed by atoms with Crippen LogP contribution in [0.15, 0.2) is 30.3 Å². The molecular formula is C11H11ClO2S. The molecule has 1 aromatic rings. The lowest BCUT2D eigenvalue weighted by Gasteiger charge is -1.97. The van der Waals surface area contributed by atoms with Crippen LogP contribution in [0.5, 0.6) is 0 Å².